The van der Waals surface area contributed by atoms with Crippen molar-refractivity contribution in [2.24, 2.45) is 7.05 Å². The van der Waals surface area contributed by atoms with Gasteiger partial charge in [0.05, 0.1) is 17.9 Å². The predicted molar refractivity (Wildman–Crippen MR) is 108 cm³/mol. The van der Waals surface area contributed by atoms with E-state index in [2.05, 4.69) is 20.3 Å². The number of aromatic amines is 1. The number of aromatic nitrogens is 4. The van der Waals surface area contributed by atoms with Crippen molar-refractivity contribution in [2.75, 3.05) is 5.32 Å². The minimum Gasteiger partial charge on any atom is -0.359 e. The molecule has 1 atom stereocenters. The standard InChI is InChI=1S/C21H20FN5O/c1-3-17(13-7-5-4-6-8-13)25-20-21(28)27(2)12-18(26-20)16-11-24-19-15(16)9-14(22)10-23-19/h4-12,17H,3H2,1-2H3,(H,23,24)(H,25,26)/t17-/m0/s1. The molecule has 6 nitrogen and oxygen atoms in total. The van der Waals surface area contributed by atoms with Crippen LogP contribution in [0, 0.1) is 5.82 Å². The summed E-state index contributed by atoms with van der Waals surface area (Å²) in [5.74, 6) is -0.166. The molecule has 28 heavy (non-hydrogen) atoms. The molecule has 7 heteroatoms. The maximum absolute atomic E-state index is 13.7. The lowest BCUT2D eigenvalue weighted by molar-refractivity contribution is 0.624. The van der Waals surface area contributed by atoms with Gasteiger partial charge in [0.2, 0.25) is 0 Å². The van der Waals surface area contributed by atoms with Gasteiger partial charge in [0.15, 0.2) is 5.82 Å². The smallest absolute Gasteiger partial charge is 0.293 e. The van der Waals surface area contributed by atoms with Crippen molar-refractivity contribution in [2.45, 2.75) is 19.4 Å². The van der Waals surface area contributed by atoms with E-state index in [1.54, 1.807) is 19.4 Å². The van der Waals surface area contributed by atoms with Crippen LogP contribution < -0.4 is 10.9 Å². The van der Waals surface area contributed by atoms with E-state index in [1.807, 2.05) is 37.3 Å². The summed E-state index contributed by atoms with van der Waals surface area (Å²) in [5.41, 5.74) is 2.68. The Morgan fingerprint density at radius 2 is 2.07 bits per heavy atom. The molecule has 0 saturated heterocycles. The van der Waals surface area contributed by atoms with Crippen LogP contribution in [0.1, 0.15) is 24.9 Å². The third kappa shape index (κ3) is 3.26. The average molecular weight is 377 g/mol. The number of fused-ring (bicyclic) bond motifs is 1. The van der Waals surface area contributed by atoms with E-state index >= 15 is 0 Å². The molecule has 0 aliphatic rings. The minimum atomic E-state index is -0.424. The Kier molecular flexibility index (Phi) is 4.65. The number of benzene rings is 1. The molecule has 1 aromatic carbocycles. The zero-order chi connectivity index (χ0) is 19.7. The molecule has 0 aliphatic carbocycles. The first kappa shape index (κ1) is 17.9. The van der Waals surface area contributed by atoms with Crippen LogP contribution in [-0.2, 0) is 7.05 Å². The van der Waals surface area contributed by atoms with Crippen LogP contribution in [0.4, 0.5) is 10.2 Å². The van der Waals surface area contributed by atoms with Gasteiger partial charge >= 0.3 is 0 Å². The molecule has 0 unspecified atom stereocenters. The van der Waals surface area contributed by atoms with E-state index in [-0.39, 0.29) is 17.4 Å². The first-order chi connectivity index (χ1) is 13.6. The van der Waals surface area contributed by atoms with E-state index in [9.17, 15) is 9.18 Å². The third-order valence-electron chi connectivity index (χ3n) is 4.77. The maximum Gasteiger partial charge on any atom is 0.293 e. The fourth-order valence-electron chi connectivity index (χ4n) is 3.29. The third-order valence-corrected chi connectivity index (χ3v) is 4.77. The summed E-state index contributed by atoms with van der Waals surface area (Å²) < 4.78 is 15.2. The lowest BCUT2D eigenvalue weighted by atomic mass is 10.0. The topological polar surface area (TPSA) is 75.6 Å². The molecule has 0 fully saturated rings. The van der Waals surface area contributed by atoms with Gasteiger partial charge in [-0.1, -0.05) is 37.3 Å². The second kappa shape index (κ2) is 7.26. The number of pyridine rings is 1. The maximum atomic E-state index is 13.7. The normalized spacial score (nSPS) is 12.2. The summed E-state index contributed by atoms with van der Waals surface area (Å²) >= 11 is 0. The summed E-state index contributed by atoms with van der Waals surface area (Å²) in [6, 6.07) is 11.3. The Labute approximate surface area is 161 Å². The van der Waals surface area contributed by atoms with Crippen LogP contribution in [0.2, 0.25) is 0 Å². The predicted octanol–water partition coefficient (Wildman–Crippen LogP) is 4.03. The Morgan fingerprint density at radius 1 is 1.29 bits per heavy atom. The van der Waals surface area contributed by atoms with Crippen molar-refractivity contribution in [3.8, 4) is 11.3 Å². The van der Waals surface area contributed by atoms with Crippen molar-refractivity contribution < 1.29 is 4.39 Å². The number of hydrogen-bond donors (Lipinski definition) is 2. The van der Waals surface area contributed by atoms with E-state index in [0.29, 0.717) is 22.3 Å². The quantitative estimate of drug-likeness (QED) is 0.551. The highest BCUT2D eigenvalue weighted by Gasteiger charge is 2.16. The largest absolute Gasteiger partial charge is 0.359 e. The van der Waals surface area contributed by atoms with Crippen LogP contribution in [-0.4, -0.2) is 19.5 Å². The van der Waals surface area contributed by atoms with Gasteiger partial charge in [-0.2, -0.15) is 0 Å². The number of anilines is 1. The Morgan fingerprint density at radius 3 is 2.82 bits per heavy atom. The first-order valence-corrected chi connectivity index (χ1v) is 9.09. The number of hydrogen-bond acceptors (Lipinski definition) is 4. The molecule has 3 aromatic heterocycles. The Hall–Kier alpha value is -3.48. The highest BCUT2D eigenvalue weighted by atomic mass is 19.1. The Bertz CT molecular complexity index is 1180. The monoisotopic (exact) mass is 377 g/mol. The molecule has 0 spiro atoms. The lowest BCUT2D eigenvalue weighted by Gasteiger charge is -2.18. The van der Waals surface area contributed by atoms with Crippen LogP contribution in [0.5, 0.6) is 0 Å². The van der Waals surface area contributed by atoms with E-state index in [1.165, 1.54) is 10.6 Å². The molecule has 0 saturated carbocycles. The SMILES string of the molecule is CC[C@H](Nc1nc(-c2c[nH]c3ncc(F)cc23)cn(C)c1=O)c1ccccc1. The second-order valence-corrected chi connectivity index (χ2v) is 6.66. The molecule has 142 valence electrons. The second-order valence-electron chi connectivity index (χ2n) is 6.66. The van der Waals surface area contributed by atoms with E-state index in [4.69, 9.17) is 0 Å². The van der Waals surface area contributed by atoms with Crippen molar-refractivity contribution in [3.05, 3.63) is 76.7 Å². The van der Waals surface area contributed by atoms with Crippen molar-refractivity contribution in [1.82, 2.24) is 19.5 Å². The van der Waals surface area contributed by atoms with Gasteiger partial charge in [0, 0.05) is 30.4 Å². The molecular formula is C21H20FN5O. The molecule has 0 bridgehead atoms. The van der Waals surface area contributed by atoms with Gasteiger partial charge in [-0.15, -0.1) is 0 Å². The molecule has 0 aliphatic heterocycles. The fraction of sp³-hybridized carbons (Fsp3) is 0.190. The van der Waals surface area contributed by atoms with Crippen LogP contribution >= 0.6 is 0 Å². The summed E-state index contributed by atoms with van der Waals surface area (Å²) in [6.45, 7) is 2.05. The summed E-state index contributed by atoms with van der Waals surface area (Å²) in [5, 5.41) is 3.89. The van der Waals surface area contributed by atoms with Gasteiger partial charge < -0.3 is 14.9 Å². The molecule has 4 rings (SSSR count). The number of nitrogens with one attached hydrogen (secondary N) is 2. The van der Waals surface area contributed by atoms with Gasteiger partial charge in [-0.05, 0) is 18.1 Å². The zero-order valence-electron chi connectivity index (χ0n) is 15.6. The van der Waals surface area contributed by atoms with Gasteiger partial charge in [0.1, 0.15) is 11.5 Å². The van der Waals surface area contributed by atoms with Gasteiger partial charge in [-0.3, -0.25) is 4.79 Å². The van der Waals surface area contributed by atoms with Crippen molar-refractivity contribution >= 4 is 16.9 Å². The van der Waals surface area contributed by atoms with E-state index in [0.717, 1.165) is 18.2 Å². The molecule has 3 heterocycles. The lowest BCUT2D eigenvalue weighted by Crippen LogP contribution is -2.24. The Balaban J connectivity index is 1.78. The van der Waals surface area contributed by atoms with Crippen molar-refractivity contribution in [1.29, 1.82) is 0 Å². The molecule has 0 radical (unpaired) electrons. The van der Waals surface area contributed by atoms with E-state index < -0.39 is 5.82 Å². The highest BCUT2D eigenvalue weighted by molar-refractivity contribution is 5.92. The van der Waals surface area contributed by atoms with Crippen LogP contribution in [0.25, 0.3) is 22.3 Å². The van der Waals surface area contributed by atoms with Crippen LogP contribution in [0.3, 0.4) is 0 Å². The van der Waals surface area contributed by atoms with Crippen molar-refractivity contribution in [3.63, 3.8) is 0 Å². The first-order valence-electron chi connectivity index (χ1n) is 9.09. The van der Waals surface area contributed by atoms with Gasteiger partial charge in [0.25, 0.3) is 5.56 Å². The molecule has 0 amide bonds. The number of rotatable bonds is 5. The minimum absolute atomic E-state index is 0.0428. The number of nitrogens with zero attached hydrogens (tertiary/aromatic N) is 3. The number of aryl methyl sites for hydroxylation is 1. The average Bonchev–Trinajstić information content (AvgIpc) is 3.12. The summed E-state index contributed by atoms with van der Waals surface area (Å²) in [4.78, 5) is 24.3. The highest BCUT2D eigenvalue weighted by Crippen LogP contribution is 2.27. The fourth-order valence-corrected chi connectivity index (χ4v) is 3.29. The van der Waals surface area contributed by atoms with Crippen LogP contribution in [0.15, 0.2) is 59.8 Å². The summed E-state index contributed by atoms with van der Waals surface area (Å²) in [6.07, 6.45) is 5.32. The number of H-pyrrole nitrogens is 1. The summed E-state index contributed by atoms with van der Waals surface area (Å²) in [7, 11) is 1.68. The molecular weight excluding hydrogens is 357 g/mol. The zero-order valence-corrected chi connectivity index (χ0v) is 15.6. The number of halogens is 1. The van der Waals surface area contributed by atoms with Gasteiger partial charge in [-0.25, -0.2) is 14.4 Å². The molecule has 4 aromatic rings. The molecule has 2 N–H and O–H groups in total.